The van der Waals surface area contributed by atoms with Crippen LogP contribution in [0.3, 0.4) is 0 Å². The van der Waals surface area contributed by atoms with Crippen LogP contribution >= 0.6 is 23.2 Å². The summed E-state index contributed by atoms with van der Waals surface area (Å²) in [5, 5.41) is -0.467. The zero-order valence-electron chi connectivity index (χ0n) is 17.6. The van der Waals surface area contributed by atoms with Gasteiger partial charge in [0.1, 0.15) is 23.8 Å². The predicted octanol–water partition coefficient (Wildman–Crippen LogP) is 3.88. The van der Waals surface area contributed by atoms with E-state index < -0.39 is 48.5 Å². The normalized spacial score (nSPS) is 12.5. The second-order valence-electron chi connectivity index (χ2n) is 6.60. The summed E-state index contributed by atoms with van der Waals surface area (Å²) >= 11 is 12.0. The number of benzene rings is 1. The second-order valence-corrected chi connectivity index (χ2v) is 7.42. The number of carbonyl (C=O) groups is 1. The molecule has 16 heteroatoms. The number of alkyl halides is 6. The number of ether oxygens (including phenoxy) is 3. The number of hydrogen-bond acceptors (Lipinski definition) is 6. The van der Waals surface area contributed by atoms with Gasteiger partial charge in [-0.25, -0.2) is 14.2 Å². The number of carbonyl (C=O) groups excluding carboxylic acids is 1. The molecule has 0 unspecified atom stereocenters. The Bertz CT molecular complexity index is 1270. The Kier molecular flexibility index (Phi) is 8.55. The van der Waals surface area contributed by atoms with E-state index in [1.165, 1.54) is 0 Å². The van der Waals surface area contributed by atoms with Gasteiger partial charge < -0.3 is 14.2 Å². The van der Waals surface area contributed by atoms with Crippen molar-refractivity contribution in [2.75, 3.05) is 20.3 Å². The lowest BCUT2D eigenvalue weighted by Gasteiger charge is -2.16. The van der Waals surface area contributed by atoms with Crippen molar-refractivity contribution < 1.29 is 45.3 Å². The molecule has 1 aromatic heterocycles. The standard InChI is InChI=1S/C19H14Cl2F6N2O6/c1-28-14(19(25,26)27)6-15(30)29(17(28)32)12-5-13(11(21)4-10(12)20)34-7-9(33-2)3-16(31)35-8-18(22,23)24/h3-6H,7-8H2,1-2H3. The van der Waals surface area contributed by atoms with Gasteiger partial charge in [-0.05, 0) is 6.07 Å². The lowest BCUT2D eigenvalue weighted by molar-refractivity contribution is -0.182. The maximum Gasteiger partial charge on any atom is 0.431 e. The summed E-state index contributed by atoms with van der Waals surface area (Å²) in [5.74, 6) is -1.94. The summed E-state index contributed by atoms with van der Waals surface area (Å²) in [7, 11) is 1.88. The average molecular weight is 551 g/mol. The molecule has 0 aliphatic carbocycles. The van der Waals surface area contributed by atoms with Crippen molar-refractivity contribution in [1.29, 1.82) is 0 Å². The molecule has 0 fully saturated rings. The van der Waals surface area contributed by atoms with Crippen LogP contribution in [0.25, 0.3) is 5.69 Å². The molecule has 0 bridgehead atoms. The number of halogens is 8. The number of methoxy groups -OCH3 is 1. The van der Waals surface area contributed by atoms with Crippen LogP contribution in [0.5, 0.6) is 5.75 Å². The van der Waals surface area contributed by atoms with Gasteiger partial charge in [-0.15, -0.1) is 0 Å². The van der Waals surface area contributed by atoms with Crippen LogP contribution in [0.2, 0.25) is 10.0 Å². The molecule has 0 amide bonds. The minimum atomic E-state index is -4.98. The molecule has 0 aliphatic rings. The summed E-state index contributed by atoms with van der Waals surface area (Å²) in [6.45, 7) is -2.41. The fourth-order valence-electron chi connectivity index (χ4n) is 2.55. The molecule has 1 heterocycles. The molecule has 0 atom stereocenters. The highest BCUT2D eigenvalue weighted by atomic mass is 35.5. The van der Waals surface area contributed by atoms with Crippen LogP contribution in [0.15, 0.2) is 39.6 Å². The molecule has 0 saturated heterocycles. The van der Waals surface area contributed by atoms with Crippen molar-refractivity contribution in [3.8, 4) is 11.4 Å². The summed E-state index contributed by atoms with van der Waals surface area (Å²) in [6, 6.07) is 2.20. The van der Waals surface area contributed by atoms with E-state index in [4.69, 9.17) is 32.7 Å². The first kappa shape index (κ1) is 28.1. The minimum absolute atomic E-state index is 0.175. The number of aromatic nitrogens is 2. The number of esters is 1. The van der Waals surface area contributed by atoms with Crippen molar-refractivity contribution in [3.63, 3.8) is 0 Å². The van der Waals surface area contributed by atoms with Gasteiger partial charge in [0.25, 0.3) is 5.56 Å². The van der Waals surface area contributed by atoms with Gasteiger partial charge in [-0.1, -0.05) is 23.2 Å². The van der Waals surface area contributed by atoms with E-state index in [1.54, 1.807) is 0 Å². The third kappa shape index (κ3) is 7.18. The second kappa shape index (κ2) is 10.6. The molecular weight excluding hydrogens is 537 g/mol. The third-order valence-corrected chi connectivity index (χ3v) is 4.74. The Morgan fingerprint density at radius 1 is 1.06 bits per heavy atom. The van der Waals surface area contributed by atoms with Gasteiger partial charge in [0.05, 0.1) is 28.9 Å². The largest absolute Gasteiger partial charge is 0.497 e. The average Bonchev–Trinajstić information content (AvgIpc) is 2.73. The molecule has 0 N–H and O–H groups in total. The van der Waals surface area contributed by atoms with Crippen LogP contribution in [0.4, 0.5) is 26.3 Å². The first-order valence-electron chi connectivity index (χ1n) is 9.05. The van der Waals surface area contributed by atoms with Crippen LogP contribution in [0, 0.1) is 0 Å². The first-order valence-corrected chi connectivity index (χ1v) is 9.81. The molecule has 192 valence electrons. The zero-order chi connectivity index (χ0) is 26.7. The minimum Gasteiger partial charge on any atom is -0.497 e. The van der Waals surface area contributed by atoms with E-state index in [9.17, 15) is 40.7 Å². The summed E-state index contributed by atoms with van der Waals surface area (Å²) < 4.78 is 90.3. The topological polar surface area (TPSA) is 88.8 Å². The third-order valence-electron chi connectivity index (χ3n) is 4.14. The Labute approximate surface area is 201 Å². The quantitative estimate of drug-likeness (QED) is 0.225. The van der Waals surface area contributed by atoms with Crippen molar-refractivity contribution in [1.82, 2.24) is 9.13 Å². The van der Waals surface area contributed by atoms with Gasteiger partial charge in [-0.3, -0.25) is 9.36 Å². The van der Waals surface area contributed by atoms with E-state index in [-0.39, 0.29) is 37.9 Å². The zero-order valence-corrected chi connectivity index (χ0v) is 19.1. The maximum atomic E-state index is 13.1. The highest BCUT2D eigenvalue weighted by Gasteiger charge is 2.35. The van der Waals surface area contributed by atoms with Gasteiger partial charge >= 0.3 is 24.0 Å². The molecule has 0 aliphatic heterocycles. The Morgan fingerprint density at radius 2 is 1.69 bits per heavy atom. The van der Waals surface area contributed by atoms with Gasteiger partial charge in [0, 0.05) is 19.2 Å². The lowest BCUT2D eigenvalue weighted by Crippen LogP contribution is -2.40. The number of rotatable bonds is 7. The maximum absolute atomic E-state index is 13.1. The van der Waals surface area contributed by atoms with Crippen molar-refractivity contribution >= 4 is 29.2 Å². The van der Waals surface area contributed by atoms with Crippen LogP contribution in [-0.2, 0) is 27.5 Å². The van der Waals surface area contributed by atoms with Gasteiger partial charge in [-0.2, -0.15) is 26.3 Å². The molecule has 1 aromatic carbocycles. The molecule has 0 saturated carbocycles. The fraction of sp³-hybridized carbons (Fsp3) is 0.316. The van der Waals surface area contributed by atoms with E-state index >= 15 is 0 Å². The van der Waals surface area contributed by atoms with Crippen LogP contribution in [0.1, 0.15) is 5.69 Å². The molecule has 0 radical (unpaired) electrons. The molecule has 8 nitrogen and oxygen atoms in total. The van der Waals surface area contributed by atoms with Crippen molar-refractivity contribution in [2.24, 2.45) is 7.05 Å². The van der Waals surface area contributed by atoms with Crippen LogP contribution < -0.4 is 16.0 Å². The smallest absolute Gasteiger partial charge is 0.431 e. The summed E-state index contributed by atoms with van der Waals surface area (Å²) in [6.07, 6.45) is -9.14. The van der Waals surface area contributed by atoms with Crippen molar-refractivity contribution in [2.45, 2.75) is 12.4 Å². The molecular formula is C19H14Cl2F6N2O6. The first-order chi connectivity index (χ1) is 16.0. The molecule has 35 heavy (non-hydrogen) atoms. The van der Waals surface area contributed by atoms with Crippen LogP contribution in [-0.4, -0.2) is 41.6 Å². The van der Waals surface area contributed by atoms with Gasteiger partial charge in [0.2, 0.25) is 0 Å². The Morgan fingerprint density at radius 3 is 2.23 bits per heavy atom. The predicted molar refractivity (Wildman–Crippen MR) is 110 cm³/mol. The summed E-state index contributed by atoms with van der Waals surface area (Å²) in [4.78, 5) is 36.3. The van der Waals surface area contributed by atoms with E-state index in [2.05, 4.69) is 4.74 Å². The Hall–Kier alpha value is -3.13. The van der Waals surface area contributed by atoms with E-state index in [0.29, 0.717) is 10.6 Å². The highest BCUT2D eigenvalue weighted by molar-refractivity contribution is 6.36. The molecule has 2 rings (SSSR count). The number of hydrogen-bond donors (Lipinski definition) is 0. The van der Waals surface area contributed by atoms with Crippen molar-refractivity contribution in [3.05, 3.63) is 66.6 Å². The molecule has 2 aromatic rings. The monoisotopic (exact) mass is 550 g/mol. The SMILES string of the molecule is COC(=CC(=O)OCC(F)(F)F)COc1cc(-n2c(=O)cc(C(F)(F)F)n(C)c2=O)c(Cl)cc1Cl. The number of nitrogens with zero attached hydrogens (tertiary/aromatic N) is 2. The fourth-order valence-corrected chi connectivity index (χ4v) is 3.08. The summed E-state index contributed by atoms with van der Waals surface area (Å²) in [5.41, 5.74) is -4.58. The highest BCUT2D eigenvalue weighted by Crippen LogP contribution is 2.33. The Balaban J connectivity index is 2.40. The lowest BCUT2D eigenvalue weighted by atomic mass is 10.2. The molecule has 0 spiro atoms. The van der Waals surface area contributed by atoms with E-state index in [0.717, 1.165) is 26.3 Å². The van der Waals surface area contributed by atoms with E-state index in [1.807, 2.05) is 0 Å². The van der Waals surface area contributed by atoms with Gasteiger partial charge in [0.15, 0.2) is 6.61 Å².